The second-order valence-electron chi connectivity index (χ2n) is 7.44. The van der Waals surface area contributed by atoms with E-state index >= 15 is 0 Å². The van der Waals surface area contributed by atoms with Crippen LogP contribution in [0.3, 0.4) is 0 Å². The third-order valence-electron chi connectivity index (χ3n) is 5.65. The van der Waals surface area contributed by atoms with Gasteiger partial charge in [-0.25, -0.2) is 0 Å². The van der Waals surface area contributed by atoms with Gasteiger partial charge in [-0.1, -0.05) is 12.1 Å². The minimum Gasteiger partial charge on any atom is -0.481 e. The molecule has 136 valence electrons. The average molecular weight is 344 g/mol. The zero-order valence-electron chi connectivity index (χ0n) is 14.7. The van der Waals surface area contributed by atoms with Crippen molar-refractivity contribution in [2.24, 2.45) is 5.92 Å². The van der Waals surface area contributed by atoms with Gasteiger partial charge in [0.05, 0.1) is 0 Å². The number of hydrogen-bond donors (Lipinski definition) is 3. The Kier molecular flexibility index (Phi) is 6.08. The van der Waals surface area contributed by atoms with Gasteiger partial charge in [0, 0.05) is 24.6 Å². The van der Waals surface area contributed by atoms with Gasteiger partial charge in [0.25, 0.3) is 5.91 Å². The first-order valence-corrected chi connectivity index (χ1v) is 9.45. The molecule has 1 aliphatic carbocycles. The molecule has 0 aromatic heterocycles. The number of aliphatic carboxylic acids is 1. The second-order valence-corrected chi connectivity index (χ2v) is 7.44. The van der Waals surface area contributed by atoms with Crippen LogP contribution < -0.4 is 10.6 Å². The number of benzene rings is 1. The van der Waals surface area contributed by atoms with E-state index in [0.717, 1.165) is 57.2 Å². The molecule has 3 rings (SSSR count). The molecule has 0 spiro atoms. The molecule has 1 unspecified atom stereocenters. The Morgan fingerprint density at radius 3 is 2.40 bits per heavy atom. The molecule has 5 heteroatoms. The first-order valence-electron chi connectivity index (χ1n) is 9.45. The van der Waals surface area contributed by atoms with Gasteiger partial charge >= 0.3 is 5.97 Å². The summed E-state index contributed by atoms with van der Waals surface area (Å²) in [6.07, 6.45) is 6.08. The quantitative estimate of drug-likeness (QED) is 0.741. The van der Waals surface area contributed by atoms with E-state index in [-0.39, 0.29) is 18.4 Å². The number of carbonyl (C=O) groups excluding carboxylic acids is 1. The fourth-order valence-electron chi connectivity index (χ4n) is 4.04. The molecule has 1 atom stereocenters. The number of hydrogen-bond acceptors (Lipinski definition) is 3. The summed E-state index contributed by atoms with van der Waals surface area (Å²) in [5.41, 5.74) is 2.03. The number of carboxylic acids is 1. The van der Waals surface area contributed by atoms with Crippen LogP contribution in [0.25, 0.3) is 0 Å². The van der Waals surface area contributed by atoms with Gasteiger partial charge in [-0.3, -0.25) is 9.59 Å². The first kappa shape index (κ1) is 17.9. The molecule has 1 saturated carbocycles. The lowest BCUT2D eigenvalue weighted by Gasteiger charge is -2.28. The highest BCUT2D eigenvalue weighted by Gasteiger charge is 2.23. The predicted octanol–water partition coefficient (Wildman–Crippen LogP) is 2.92. The molecule has 2 aliphatic rings. The number of amides is 1. The monoisotopic (exact) mass is 344 g/mol. The van der Waals surface area contributed by atoms with Crippen molar-refractivity contribution >= 4 is 11.9 Å². The van der Waals surface area contributed by atoms with Crippen molar-refractivity contribution in [2.75, 3.05) is 13.1 Å². The fraction of sp³-hybridized carbons (Fsp3) is 0.600. The Hall–Kier alpha value is -1.88. The third-order valence-corrected chi connectivity index (χ3v) is 5.65. The number of carboxylic acid groups (broad SMARTS) is 1. The lowest BCUT2D eigenvalue weighted by Crippen LogP contribution is -2.37. The summed E-state index contributed by atoms with van der Waals surface area (Å²) in [5.74, 6) is 0.346. The van der Waals surface area contributed by atoms with Crippen molar-refractivity contribution in [2.45, 2.75) is 56.9 Å². The van der Waals surface area contributed by atoms with Crippen LogP contribution in [0, 0.1) is 5.92 Å². The Bertz CT molecular complexity index is 585. The van der Waals surface area contributed by atoms with Crippen LogP contribution in [0.15, 0.2) is 24.3 Å². The van der Waals surface area contributed by atoms with Gasteiger partial charge in [0.2, 0.25) is 0 Å². The molecule has 2 fully saturated rings. The highest BCUT2D eigenvalue weighted by molar-refractivity contribution is 5.94. The minimum atomic E-state index is -0.716. The molecule has 1 heterocycles. The number of carbonyl (C=O) groups is 2. The van der Waals surface area contributed by atoms with Gasteiger partial charge < -0.3 is 15.7 Å². The highest BCUT2D eigenvalue weighted by atomic mass is 16.4. The van der Waals surface area contributed by atoms with E-state index < -0.39 is 5.97 Å². The lowest BCUT2D eigenvalue weighted by atomic mass is 9.83. The smallest absolute Gasteiger partial charge is 0.303 e. The summed E-state index contributed by atoms with van der Waals surface area (Å²) in [5, 5.41) is 15.3. The van der Waals surface area contributed by atoms with Crippen LogP contribution in [0.1, 0.15) is 66.8 Å². The summed E-state index contributed by atoms with van der Waals surface area (Å²) in [6.45, 7) is 2.10. The number of nitrogens with one attached hydrogen (secondary N) is 2. The molecule has 0 bridgehead atoms. The molecule has 1 aromatic carbocycles. The maximum Gasteiger partial charge on any atom is 0.303 e. The Balaban J connectivity index is 1.45. The molecule has 1 amide bonds. The maximum absolute atomic E-state index is 12.4. The Morgan fingerprint density at radius 1 is 1.08 bits per heavy atom. The molecule has 1 aromatic rings. The van der Waals surface area contributed by atoms with Crippen molar-refractivity contribution < 1.29 is 14.7 Å². The molecule has 1 aliphatic heterocycles. The van der Waals surface area contributed by atoms with E-state index in [9.17, 15) is 9.59 Å². The van der Waals surface area contributed by atoms with Crippen molar-refractivity contribution in [1.29, 1.82) is 0 Å². The van der Waals surface area contributed by atoms with E-state index in [1.807, 2.05) is 12.1 Å². The van der Waals surface area contributed by atoms with Crippen molar-refractivity contribution in [3.63, 3.8) is 0 Å². The Labute approximate surface area is 149 Å². The highest BCUT2D eigenvalue weighted by Crippen LogP contribution is 2.28. The number of rotatable bonds is 6. The summed E-state index contributed by atoms with van der Waals surface area (Å²) in [4.78, 5) is 23.1. The van der Waals surface area contributed by atoms with Crippen LogP contribution in [-0.2, 0) is 4.79 Å². The van der Waals surface area contributed by atoms with Crippen LogP contribution >= 0.6 is 0 Å². The van der Waals surface area contributed by atoms with Crippen LogP contribution in [0.5, 0.6) is 0 Å². The van der Waals surface area contributed by atoms with E-state index in [1.165, 1.54) is 5.56 Å². The average Bonchev–Trinajstić information content (AvgIpc) is 3.16. The molecule has 25 heavy (non-hydrogen) atoms. The van der Waals surface area contributed by atoms with E-state index in [4.69, 9.17) is 5.11 Å². The standard InChI is InChI=1S/C20H28N2O3/c23-19(24)10-3-14-1-8-18(9-2-14)22-20(25)16-6-4-15(5-7-16)17-11-12-21-13-17/h4-7,14,17-18,21H,1-3,8-13H2,(H,22,25)(H,23,24). The SMILES string of the molecule is O=C(O)CCC1CCC(NC(=O)c2ccc(C3CCNC3)cc2)CC1. The predicted molar refractivity (Wildman–Crippen MR) is 96.8 cm³/mol. The van der Waals surface area contributed by atoms with Crippen molar-refractivity contribution in [1.82, 2.24) is 10.6 Å². The van der Waals surface area contributed by atoms with Crippen LogP contribution in [-0.4, -0.2) is 36.1 Å². The summed E-state index contributed by atoms with van der Waals surface area (Å²) < 4.78 is 0. The van der Waals surface area contributed by atoms with E-state index in [1.54, 1.807) is 0 Å². The fourth-order valence-corrected chi connectivity index (χ4v) is 4.04. The van der Waals surface area contributed by atoms with Gasteiger partial charge in [0.15, 0.2) is 0 Å². The normalized spacial score (nSPS) is 26.3. The lowest BCUT2D eigenvalue weighted by molar-refractivity contribution is -0.137. The van der Waals surface area contributed by atoms with E-state index in [2.05, 4.69) is 22.8 Å². The largest absolute Gasteiger partial charge is 0.481 e. The molecule has 1 saturated heterocycles. The molecule has 3 N–H and O–H groups in total. The topological polar surface area (TPSA) is 78.4 Å². The maximum atomic E-state index is 12.4. The zero-order chi connectivity index (χ0) is 17.6. The zero-order valence-corrected chi connectivity index (χ0v) is 14.7. The van der Waals surface area contributed by atoms with E-state index in [0.29, 0.717) is 11.8 Å². The first-order chi connectivity index (χ1) is 12.1. The van der Waals surface area contributed by atoms with Crippen LogP contribution in [0.4, 0.5) is 0 Å². The summed E-state index contributed by atoms with van der Waals surface area (Å²) >= 11 is 0. The second kappa shape index (κ2) is 8.48. The molecular formula is C20H28N2O3. The van der Waals surface area contributed by atoms with Crippen LogP contribution in [0.2, 0.25) is 0 Å². The summed E-state index contributed by atoms with van der Waals surface area (Å²) in [7, 11) is 0. The summed E-state index contributed by atoms with van der Waals surface area (Å²) in [6, 6.07) is 8.24. The van der Waals surface area contributed by atoms with Crippen molar-refractivity contribution in [3.8, 4) is 0 Å². The van der Waals surface area contributed by atoms with Gasteiger partial charge in [-0.05, 0) is 74.6 Å². The minimum absolute atomic E-state index is 0.00471. The molecule has 5 nitrogen and oxygen atoms in total. The van der Waals surface area contributed by atoms with Crippen molar-refractivity contribution in [3.05, 3.63) is 35.4 Å². The van der Waals surface area contributed by atoms with Gasteiger partial charge in [-0.2, -0.15) is 0 Å². The molecular weight excluding hydrogens is 316 g/mol. The van der Waals surface area contributed by atoms with Gasteiger partial charge in [-0.15, -0.1) is 0 Å². The Morgan fingerprint density at radius 2 is 1.80 bits per heavy atom. The third kappa shape index (κ3) is 5.05. The van der Waals surface area contributed by atoms with Gasteiger partial charge in [0.1, 0.15) is 0 Å². The molecule has 0 radical (unpaired) electrons.